The molecule has 2 atom stereocenters. The van der Waals surface area contributed by atoms with Crippen molar-refractivity contribution in [1.29, 1.82) is 5.41 Å². The first-order valence-electron chi connectivity index (χ1n) is 14.5. The third-order valence-corrected chi connectivity index (χ3v) is 8.13. The number of amides is 2. The molecule has 260 valence electrons. The van der Waals surface area contributed by atoms with E-state index in [1.54, 1.807) is 24.3 Å². The summed E-state index contributed by atoms with van der Waals surface area (Å²) in [5, 5.41) is 29.7. The molecule has 0 bridgehead atoms. The van der Waals surface area contributed by atoms with E-state index in [-0.39, 0.29) is 43.1 Å². The number of hydrogen-bond acceptors (Lipinski definition) is 8. The zero-order valence-corrected chi connectivity index (χ0v) is 26.9. The number of nitrogens with one attached hydrogen (secondary N) is 3. The molecule has 0 aliphatic carbocycles. The minimum absolute atomic E-state index is 0.0227. The predicted octanol–water partition coefficient (Wildman–Crippen LogP) is 3.32. The van der Waals surface area contributed by atoms with Crippen molar-refractivity contribution < 1.29 is 52.1 Å². The third-order valence-electron chi connectivity index (χ3n) is 6.74. The number of thioether (sulfide) groups is 1. The summed E-state index contributed by atoms with van der Waals surface area (Å²) in [6.45, 7) is 2.89. The molecule has 17 heteroatoms. The zero-order chi connectivity index (χ0) is 35.9. The Morgan fingerprint density at radius 2 is 1.56 bits per heavy atom. The Balaban J connectivity index is 0.00000103. The van der Waals surface area contributed by atoms with E-state index in [0.29, 0.717) is 42.2 Å². The van der Waals surface area contributed by atoms with Crippen molar-refractivity contribution in [3.05, 3.63) is 71.3 Å². The van der Waals surface area contributed by atoms with Crippen molar-refractivity contribution in [2.24, 2.45) is 4.99 Å². The number of esters is 1. The van der Waals surface area contributed by atoms with Gasteiger partial charge in [-0.3, -0.25) is 24.6 Å². The van der Waals surface area contributed by atoms with E-state index in [1.807, 2.05) is 42.2 Å². The Bertz CT molecular complexity index is 1470. The maximum absolute atomic E-state index is 13.1. The number of aliphatic carboxylic acids is 2. The second-order valence-corrected chi connectivity index (χ2v) is 11.3. The number of methoxy groups -OCH3 is 1. The van der Waals surface area contributed by atoms with Crippen molar-refractivity contribution in [2.45, 2.75) is 50.1 Å². The number of rotatable bonds is 13. The van der Waals surface area contributed by atoms with E-state index in [4.69, 9.17) is 20.4 Å². The quantitative estimate of drug-likeness (QED) is 0.0892. The number of benzene rings is 2. The summed E-state index contributed by atoms with van der Waals surface area (Å²) in [5.41, 5.74) is 2.03. The molecule has 1 heterocycles. The average molecular weight is 696 g/mol. The Hall–Kier alpha value is -4.93. The van der Waals surface area contributed by atoms with Crippen LogP contribution in [0.25, 0.3) is 0 Å². The summed E-state index contributed by atoms with van der Waals surface area (Å²) in [6, 6.07) is 16.1. The smallest absolute Gasteiger partial charge is 0.481 e. The largest absolute Gasteiger partial charge is 0.490 e. The molecule has 2 amide bonds. The minimum atomic E-state index is -5.08. The normalized spacial score (nSPS) is 16.4. The summed E-state index contributed by atoms with van der Waals surface area (Å²) in [7, 11) is 1.33. The Kier molecular flexibility index (Phi) is 15.6. The Morgan fingerprint density at radius 3 is 2.12 bits per heavy atom. The molecule has 2 aromatic rings. The van der Waals surface area contributed by atoms with Gasteiger partial charge in [0, 0.05) is 43.2 Å². The van der Waals surface area contributed by atoms with Crippen molar-refractivity contribution in [3.8, 4) is 0 Å². The molecule has 5 N–H and O–H groups in total. The van der Waals surface area contributed by atoms with Gasteiger partial charge in [0.25, 0.3) is 5.91 Å². The molecule has 1 saturated heterocycles. The first-order valence-corrected chi connectivity index (χ1v) is 15.4. The number of carboxylic acid groups (broad SMARTS) is 2. The molecule has 0 radical (unpaired) electrons. The van der Waals surface area contributed by atoms with Gasteiger partial charge in [0.05, 0.1) is 13.5 Å². The van der Waals surface area contributed by atoms with E-state index in [9.17, 15) is 32.3 Å². The molecular formula is C31H36F3N5O8S. The van der Waals surface area contributed by atoms with Crippen LogP contribution in [0.4, 0.5) is 13.2 Å². The Morgan fingerprint density at radius 1 is 0.958 bits per heavy atom. The lowest BCUT2D eigenvalue weighted by Gasteiger charge is -2.25. The van der Waals surface area contributed by atoms with Crippen LogP contribution in [0.5, 0.6) is 0 Å². The first kappa shape index (κ1) is 39.2. The summed E-state index contributed by atoms with van der Waals surface area (Å²) < 4.78 is 36.3. The van der Waals surface area contributed by atoms with Gasteiger partial charge in [-0.25, -0.2) is 4.79 Å². The number of ether oxygens (including phenoxy) is 1. The van der Waals surface area contributed by atoms with Gasteiger partial charge >= 0.3 is 24.1 Å². The van der Waals surface area contributed by atoms with Crippen LogP contribution in [0.3, 0.4) is 0 Å². The SMILES string of the molecule is COC(=O)CCCNC(=N)c1ccc(C(=O)N=C2SC(C(=O)NCCC(=O)O)C(C)N2CCc2ccccc2)cc1.O=C(O)C(F)(F)F. The molecule has 0 aromatic heterocycles. The minimum Gasteiger partial charge on any atom is -0.481 e. The van der Waals surface area contributed by atoms with Crippen molar-refractivity contribution in [1.82, 2.24) is 15.5 Å². The van der Waals surface area contributed by atoms with Gasteiger partial charge in [0.2, 0.25) is 5.91 Å². The van der Waals surface area contributed by atoms with Crippen LogP contribution in [0.2, 0.25) is 0 Å². The number of carbonyl (C=O) groups excluding carboxylic acids is 3. The van der Waals surface area contributed by atoms with E-state index in [1.165, 1.54) is 18.9 Å². The molecule has 0 spiro atoms. The lowest BCUT2D eigenvalue weighted by atomic mass is 10.1. The highest BCUT2D eigenvalue weighted by atomic mass is 32.2. The fraction of sp³-hybridized carbons (Fsp3) is 0.387. The monoisotopic (exact) mass is 695 g/mol. The highest BCUT2D eigenvalue weighted by Crippen LogP contribution is 2.32. The topological polar surface area (TPSA) is 199 Å². The number of carbonyl (C=O) groups is 5. The number of halogens is 3. The van der Waals surface area contributed by atoms with Crippen LogP contribution in [0.1, 0.15) is 47.7 Å². The van der Waals surface area contributed by atoms with E-state index >= 15 is 0 Å². The fourth-order valence-corrected chi connectivity index (χ4v) is 5.44. The molecule has 2 aromatic carbocycles. The van der Waals surface area contributed by atoms with E-state index < -0.39 is 29.3 Å². The van der Waals surface area contributed by atoms with Gasteiger partial charge in [-0.05, 0) is 37.5 Å². The van der Waals surface area contributed by atoms with E-state index in [0.717, 1.165) is 5.56 Å². The summed E-state index contributed by atoms with van der Waals surface area (Å²) in [4.78, 5) is 63.3. The Labute approximate surface area is 278 Å². The van der Waals surface area contributed by atoms with Crippen LogP contribution >= 0.6 is 11.8 Å². The molecule has 1 aliphatic heterocycles. The number of nitrogens with zero attached hydrogens (tertiary/aromatic N) is 2. The maximum Gasteiger partial charge on any atom is 0.490 e. The molecule has 2 unspecified atom stereocenters. The first-order chi connectivity index (χ1) is 22.6. The number of amidine groups is 2. The van der Waals surface area contributed by atoms with Crippen LogP contribution in [0, 0.1) is 5.41 Å². The van der Waals surface area contributed by atoms with Crippen LogP contribution in [0.15, 0.2) is 59.6 Å². The molecule has 1 aliphatic rings. The lowest BCUT2D eigenvalue weighted by Crippen LogP contribution is -2.43. The summed E-state index contributed by atoms with van der Waals surface area (Å²) in [6.07, 6.45) is -3.78. The van der Waals surface area contributed by atoms with Crippen molar-refractivity contribution in [2.75, 3.05) is 26.7 Å². The standard InChI is InChI=1S/C29H35N5O6S.C2HF3O2/c1-19-25(28(39)32-17-14-23(35)36)41-29(34(19)18-15-20-7-4-3-5-8-20)33-27(38)22-12-10-21(11-13-22)26(30)31-16-6-9-24(37)40-2;3-2(4,5)1(6)7/h3-5,7-8,10-13,19,25H,6,9,14-18H2,1-2H3,(H2,30,31)(H,32,39)(H,35,36);(H,6,7). The predicted molar refractivity (Wildman–Crippen MR) is 171 cm³/mol. The van der Waals surface area contributed by atoms with Crippen molar-refractivity contribution in [3.63, 3.8) is 0 Å². The third kappa shape index (κ3) is 13.1. The molecular weight excluding hydrogens is 659 g/mol. The van der Waals surface area contributed by atoms with Gasteiger partial charge in [-0.1, -0.05) is 54.2 Å². The molecule has 48 heavy (non-hydrogen) atoms. The van der Waals surface area contributed by atoms with Crippen molar-refractivity contribution >= 4 is 52.5 Å². The zero-order valence-electron chi connectivity index (χ0n) is 26.1. The maximum atomic E-state index is 13.1. The summed E-state index contributed by atoms with van der Waals surface area (Å²) in [5.74, 6) is -4.66. The number of carboxylic acids is 2. The molecule has 3 rings (SSSR count). The second-order valence-electron chi connectivity index (χ2n) is 10.2. The molecule has 1 fully saturated rings. The number of alkyl halides is 3. The van der Waals surface area contributed by atoms with Crippen LogP contribution in [-0.2, 0) is 30.3 Å². The summed E-state index contributed by atoms with van der Waals surface area (Å²) >= 11 is 1.19. The molecule has 13 nitrogen and oxygen atoms in total. The van der Waals surface area contributed by atoms with Gasteiger partial charge in [0.15, 0.2) is 5.17 Å². The van der Waals surface area contributed by atoms with Gasteiger partial charge in [-0.15, -0.1) is 0 Å². The number of hydrogen-bond donors (Lipinski definition) is 5. The second kappa shape index (κ2) is 19.0. The van der Waals surface area contributed by atoms with Crippen LogP contribution in [-0.4, -0.2) is 100 Å². The average Bonchev–Trinajstić information content (AvgIpc) is 3.36. The van der Waals surface area contributed by atoms with Gasteiger partial charge in [0.1, 0.15) is 11.1 Å². The molecule has 0 saturated carbocycles. The van der Waals surface area contributed by atoms with Gasteiger partial charge in [-0.2, -0.15) is 18.2 Å². The van der Waals surface area contributed by atoms with Crippen LogP contribution < -0.4 is 10.6 Å². The highest BCUT2D eigenvalue weighted by molar-refractivity contribution is 8.15. The number of aliphatic imine (C=N–C) groups is 1. The van der Waals surface area contributed by atoms with Gasteiger partial charge < -0.3 is 30.5 Å². The fourth-order valence-electron chi connectivity index (χ4n) is 4.15. The highest BCUT2D eigenvalue weighted by Gasteiger charge is 2.41. The van der Waals surface area contributed by atoms with E-state index in [2.05, 4.69) is 20.4 Å². The lowest BCUT2D eigenvalue weighted by molar-refractivity contribution is -0.192.